The zero-order chi connectivity index (χ0) is 17.4. The minimum Gasteiger partial charge on any atom is -0.464 e. The van der Waals surface area contributed by atoms with Crippen molar-refractivity contribution >= 4 is 51.0 Å². The largest absolute Gasteiger partial charge is 0.464 e. The van der Waals surface area contributed by atoms with Crippen molar-refractivity contribution in [2.75, 3.05) is 18.9 Å². The Morgan fingerprint density at radius 1 is 1.50 bits per heavy atom. The van der Waals surface area contributed by atoms with Gasteiger partial charge in [0.25, 0.3) is 0 Å². The summed E-state index contributed by atoms with van der Waals surface area (Å²) in [5, 5.41) is 7.01. The number of thioether (sulfide) groups is 1. The number of thiocarbonyl (C=S) groups is 1. The van der Waals surface area contributed by atoms with Gasteiger partial charge in [-0.1, -0.05) is 15.9 Å². The van der Waals surface area contributed by atoms with Crippen LogP contribution in [-0.2, 0) is 16.0 Å². The Labute approximate surface area is 160 Å². The maximum absolute atomic E-state index is 10.8. The lowest BCUT2D eigenvalue weighted by Crippen LogP contribution is -2.44. The number of aromatic nitrogens is 1. The second kappa shape index (κ2) is 10.0. The molecule has 0 saturated heterocycles. The van der Waals surface area contributed by atoms with Gasteiger partial charge in [-0.15, -0.1) is 11.8 Å². The van der Waals surface area contributed by atoms with Gasteiger partial charge in [-0.25, -0.2) is 0 Å². The predicted molar refractivity (Wildman–Crippen MR) is 105 cm³/mol. The molecular formula is C16H20BrN3O2S2. The Bertz CT molecular complexity index is 611. The number of esters is 1. The van der Waals surface area contributed by atoms with E-state index in [2.05, 4.69) is 31.5 Å². The zero-order valence-electron chi connectivity index (χ0n) is 13.4. The van der Waals surface area contributed by atoms with Crippen LogP contribution in [0.3, 0.4) is 0 Å². The van der Waals surface area contributed by atoms with E-state index in [1.54, 1.807) is 12.4 Å². The first-order valence-electron chi connectivity index (χ1n) is 7.64. The Morgan fingerprint density at radius 3 is 2.88 bits per heavy atom. The Balaban J connectivity index is 1.94. The summed E-state index contributed by atoms with van der Waals surface area (Å²) < 4.78 is 6.13. The third-order valence-electron chi connectivity index (χ3n) is 3.35. The van der Waals surface area contributed by atoms with Crippen LogP contribution >= 0.6 is 39.9 Å². The maximum atomic E-state index is 10.8. The number of halogens is 1. The van der Waals surface area contributed by atoms with Crippen LogP contribution < -0.4 is 10.6 Å². The van der Waals surface area contributed by atoms with Crippen molar-refractivity contribution in [2.45, 2.75) is 25.8 Å². The number of carbonyl (C=O) groups is 1. The van der Waals surface area contributed by atoms with Crippen molar-refractivity contribution in [3.8, 4) is 0 Å². The average Bonchev–Trinajstić information content (AvgIpc) is 2.98. The fraction of sp³-hybridized carbons (Fsp3) is 0.438. The van der Waals surface area contributed by atoms with Crippen LogP contribution in [0.5, 0.6) is 0 Å². The van der Waals surface area contributed by atoms with Gasteiger partial charge in [-0.2, -0.15) is 0 Å². The molecule has 2 rings (SSSR count). The van der Waals surface area contributed by atoms with Crippen LogP contribution in [0.2, 0.25) is 0 Å². The molecule has 1 aromatic heterocycles. The highest BCUT2D eigenvalue weighted by Crippen LogP contribution is 2.37. The smallest absolute Gasteiger partial charge is 0.302 e. The first-order chi connectivity index (χ1) is 11.6. The summed E-state index contributed by atoms with van der Waals surface area (Å²) in [6, 6.07) is 4.13. The highest BCUT2D eigenvalue weighted by molar-refractivity contribution is 9.11. The van der Waals surface area contributed by atoms with E-state index in [4.69, 9.17) is 17.0 Å². The van der Waals surface area contributed by atoms with Gasteiger partial charge in [0.15, 0.2) is 5.11 Å². The van der Waals surface area contributed by atoms with E-state index in [9.17, 15) is 4.79 Å². The lowest BCUT2D eigenvalue weighted by atomic mass is 10.1. The minimum atomic E-state index is -0.289. The molecule has 0 aromatic carbocycles. The summed E-state index contributed by atoms with van der Waals surface area (Å²) >= 11 is 10.9. The van der Waals surface area contributed by atoms with E-state index < -0.39 is 0 Å². The molecule has 0 bridgehead atoms. The number of hydrogen-bond acceptors (Lipinski definition) is 5. The van der Waals surface area contributed by atoms with Crippen molar-refractivity contribution in [1.82, 2.24) is 15.6 Å². The molecule has 1 aliphatic heterocycles. The molecule has 24 heavy (non-hydrogen) atoms. The lowest BCUT2D eigenvalue weighted by Gasteiger charge is -2.22. The SMILES string of the molecule is CC(=O)OCCNC(=S)NC(Cc1ccncc1)C1=C(Br)CCS1. The second-order valence-corrected chi connectivity index (χ2v) is 7.72. The lowest BCUT2D eigenvalue weighted by molar-refractivity contribution is -0.140. The molecule has 5 nitrogen and oxygen atoms in total. The highest BCUT2D eigenvalue weighted by Gasteiger charge is 2.23. The van der Waals surface area contributed by atoms with Gasteiger partial charge in [0.2, 0.25) is 0 Å². The number of ether oxygens (including phenoxy) is 1. The molecule has 8 heteroatoms. The van der Waals surface area contributed by atoms with E-state index in [0.717, 1.165) is 18.6 Å². The number of nitrogens with zero attached hydrogens (tertiary/aromatic N) is 1. The Kier molecular flexibility index (Phi) is 8.01. The van der Waals surface area contributed by atoms with Crippen LogP contribution in [0.4, 0.5) is 0 Å². The molecule has 0 amide bonds. The fourth-order valence-corrected chi connectivity index (χ4v) is 4.73. The molecule has 0 fully saturated rings. The fourth-order valence-electron chi connectivity index (χ4n) is 2.27. The molecule has 130 valence electrons. The number of rotatable bonds is 7. The number of hydrogen-bond donors (Lipinski definition) is 2. The topological polar surface area (TPSA) is 63.2 Å². The van der Waals surface area contributed by atoms with Crippen LogP contribution in [0.25, 0.3) is 0 Å². The number of pyridine rings is 1. The summed E-state index contributed by atoms with van der Waals surface area (Å²) in [5.74, 6) is 0.791. The Morgan fingerprint density at radius 2 is 2.25 bits per heavy atom. The van der Waals surface area contributed by atoms with E-state index in [0.29, 0.717) is 18.3 Å². The summed E-state index contributed by atoms with van der Waals surface area (Å²) in [5.41, 5.74) is 1.20. The summed E-state index contributed by atoms with van der Waals surface area (Å²) in [4.78, 5) is 16.1. The van der Waals surface area contributed by atoms with E-state index in [-0.39, 0.29) is 12.0 Å². The molecule has 2 N–H and O–H groups in total. The summed E-state index contributed by atoms with van der Waals surface area (Å²) in [7, 11) is 0. The monoisotopic (exact) mass is 429 g/mol. The number of carbonyl (C=O) groups excluding carboxylic acids is 1. The third-order valence-corrected chi connectivity index (χ3v) is 5.95. The van der Waals surface area contributed by atoms with Gasteiger partial charge < -0.3 is 15.4 Å². The number of nitrogens with one attached hydrogen (secondary N) is 2. The van der Waals surface area contributed by atoms with E-state index in [1.807, 2.05) is 23.9 Å². The van der Waals surface area contributed by atoms with Crippen LogP contribution in [0.15, 0.2) is 33.9 Å². The van der Waals surface area contributed by atoms with Crippen molar-refractivity contribution in [3.05, 3.63) is 39.5 Å². The molecular weight excluding hydrogens is 410 g/mol. The van der Waals surface area contributed by atoms with Crippen molar-refractivity contribution in [1.29, 1.82) is 0 Å². The molecule has 1 aromatic rings. The molecule has 0 aliphatic carbocycles. The summed E-state index contributed by atoms with van der Waals surface area (Å²) in [6.45, 7) is 2.18. The first kappa shape index (κ1) is 19.2. The van der Waals surface area contributed by atoms with Crippen LogP contribution in [-0.4, -0.2) is 41.0 Å². The zero-order valence-corrected chi connectivity index (χ0v) is 16.6. The van der Waals surface area contributed by atoms with Gasteiger partial charge in [0, 0.05) is 34.5 Å². The average molecular weight is 430 g/mol. The van der Waals surface area contributed by atoms with Gasteiger partial charge in [0.1, 0.15) is 6.61 Å². The second-order valence-electron chi connectivity index (χ2n) is 5.22. The number of allylic oxidation sites excluding steroid dienone is 1. The molecule has 0 radical (unpaired) electrons. The van der Waals surface area contributed by atoms with Crippen LogP contribution in [0, 0.1) is 0 Å². The van der Waals surface area contributed by atoms with Gasteiger partial charge in [-0.3, -0.25) is 9.78 Å². The van der Waals surface area contributed by atoms with Crippen molar-refractivity contribution in [3.63, 3.8) is 0 Å². The Hall–Kier alpha value is -1.12. The normalized spacial score (nSPS) is 15.1. The molecule has 1 unspecified atom stereocenters. The predicted octanol–water partition coefficient (Wildman–Crippen LogP) is 2.76. The minimum absolute atomic E-state index is 0.100. The molecule has 1 aliphatic rings. The molecule has 0 spiro atoms. The molecule has 0 saturated carbocycles. The van der Waals surface area contributed by atoms with Crippen LogP contribution in [0.1, 0.15) is 18.9 Å². The summed E-state index contributed by atoms with van der Waals surface area (Å²) in [6.07, 6.45) is 5.47. The molecule has 1 atom stereocenters. The van der Waals surface area contributed by atoms with Crippen molar-refractivity contribution < 1.29 is 9.53 Å². The quantitative estimate of drug-likeness (QED) is 0.392. The van der Waals surface area contributed by atoms with Gasteiger partial charge in [0.05, 0.1) is 12.6 Å². The van der Waals surface area contributed by atoms with Gasteiger partial charge >= 0.3 is 5.97 Å². The van der Waals surface area contributed by atoms with E-state index in [1.165, 1.54) is 21.9 Å². The van der Waals surface area contributed by atoms with E-state index >= 15 is 0 Å². The highest BCUT2D eigenvalue weighted by atomic mass is 79.9. The van der Waals surface area contributed by atoms with Crippen molar-refractivity contribution in [2.24, 2.45) is 0 Å². The first-order valence-corrected chi connectivity index (χ1v) is 9.83. The standard InChI is InChI=1S/C16H20BrN3O2S2/c1-11(21)22-8-7-19-16(23)20-14(15-13(17)4-9-24-15)10-12-2-5-18-6-3-12/h2-3,5-6,14H,4,7-10H2,1H3,(H2,19,20,23). The van der Waals surface area contributed by atoms with Gasteiger partial charge in [-0.05, 0) is 42.8 Å². The molecule has 2 heterocycles. The maximum Gasteiger partial charge on any atom is 0.302 e. The third kappa shape index (κ3) is 6.41.